The molecule has 1 aliphatic rings. The normalized spacial score (nSPS) is 20.7. The van der Waals surface area contributed by atoms with Gasteiger partial charge in [0.1, 0.15) is 0 Å². The fraction of sp³-hybridized carbons (Fsp3) is 0.545. The molecule has 1 unspecified atom stereocenters. The highest BCUT2D eigenvalue weighted by molar-refractivity contribution is 5.50. The molecule has 0 aromatic carbocycles. The highest BCUT2D eigenvalue weighted by atomic mass is 16.5. The second kappa shape index (κ2) is 4.49. The molecule has 0 aliphatic carbocycles. The summed E-state index contributed by atoms with van der Waals surface area (Å²) >= 11 is 0. The lowest BCUT2D eigenvalue weighted by Crippen LogP contribution is -2.35. The third kappa shape index (κ3) is 2.04. The van der Waals surface area contributed by atoms with Gasteiger partial charge in [0, 0.05) is 37.1 Å². The molecular formula is C11H17N3O. The molecule has 0 bridgehead atoms. The second-order valence-electron chi connectivity index (χ2n) is 3.78. The van der Waals surface area contributed by atoms with Crippen LogP contribution in [0.2, 0.25) is 0 Å². The minimum Gasteiger partial charge on any atom is -0.481 e. The van der Waals surface area contributed by atoms with E-state index in [2.05, 4.69) is 9.88 Å². The summed E-state index contributed by atoms with van der Waals surface area (Å²) in [6, 6.07) is 4.45. The quantitative estimate of drug-likeness (QED) is 0.804. The average Bonchev–Trinajstić information content (AvgIpc) is 2.77. The van der Waals surface area contributed by atoms with Gasteiger partial charge in [0.05, 0.1) is 7.11 Å². The molecule has 0 radical (unpaired) electrons. The third-order valence-electron chi connectivity index (χ3n) is 2.91. The first kappa shape index (κ1) is 10.2. The van der Waals surface area contributed by atoms with Crippen LogP contribution >= 0.6 is 0 Å². The number of hydrogen-bond acceptors (Lipinski definition) is 4. The summed E-state index contributed by atoms with van der Waals surface area (Å²) in [6.07, 6.45) is 4.17. The van der Waals surface area contributed by atoms with Gasteiger partial charge in [-0.15, -0.1) is 0 Å². The van der Waals surface area contributed by atoms with Gasteiger partial charge in [0.25, 0.3) is 0 Å². The Balaban J connectivity index is 2.20. The van der Waals surface area contributed by atoms with Gasteiger partial charge in [0.15, 0.2) is 0 Å². The molecule has 0 amide bonds. The third-order valence-corrected chi connectivity index (χ3v) is 2.91. The molecule has 82 valence electrons. The lowest BCUT2D eigenvalue weighted by molar-refractivity contribution is 0.398. The van der Waals surface area contributed by atoms with Crippen molar-refractivity contribution in [3.63, 3.8) is 0 Å². The molecule has 0 spiro atoms. The minimum atomic E-state index is 0.470. The van der Waals surface area contributed by atoms with Gasteiger partial charge in [-0.3, -0.25) is 0 Å². The zero-order valence-electron chi connectivity index (χ0n) is 9.02. The minimum absolute atomic E-state index is 0.470. The van der Waals surface area contributed by atoms with Crippen molar-refractivity contribution in [3.8, 4) is 5.88 Å². The molecule has 1 saturated heterocycles. The fourth-order valence-corrected chi connectivity index (χ4v) is 2.11. The van der Waals surface area contributed by atoms with E-state index in [-0.39, 0.29) is 0 Å². The molecular weight excluding hydrogens is 190 g/mol. The van der Waals surface area contributed by atoms with Crippen LogP contribution in [0.5, 0.6) is 5.88 Å². The summed E-state index contributed by atoms with van der Waals surface area (Å²) in [6.45, 7) is 1.79. The SMILES string of the molecule is COc1cc(N2CCCC2CN)ccn1. The van der Waals surface area contributed by atoms with Crippen LogP contribution in [-0.4, -0.2) is 31.2 Å². The van der Waals surface area contributed by atoms with E-state index in [0.29, 0.717) is 18.5 Å². The van der Waals surface area contributed by atoms with E-state index in [4.69, 9.17) is 10.5 Å². The van der Waals surface area contributed by atoms with Crippen molar-refractivity contribution < 1.29 is 4.74 Å². The van der Waals surface area contributed by atoms with Gasteiger partial charge in [-0.25, -0.2) is 4.98 Å². The maximum Gasteiger partial charge on any atom is 0.214 e. The number of rotatable bonds is 3. The first-order valence-electron chi connectivity index (χ1n) is 5.32. The molecule has 2 rings (SSSR count). The van der Waals surface area contributed by atoms with Crippen LogP contribution in [0.4, 0.5) is 5.69 Å². The van der Waals surface area contributed by atoms with Crippen LogP contribution in [0.15, 0.2) is 18.3 Å². The summed E-state index contributed by atoms with van der Waals surface area (Å²) in [5.41, 5.74) is 6.91. The van der Waals surface area contributed by atoms with E-state index in [1.54, 1.807) is 13.3 Å². The van der Waals surface area contributed by atoms with Crippen molar-refractivity contribution in [2.45, 2.75) is 18.9 Å². The lowest BCUT2D eigenvalue weighted by atomic mass is 10.2. The molecule has 0 saturated carbocycles. The van der Waals surface area contributed by atoms with Crippen LogP contribution in [0.1, 0.15) is 12.8 Å². The molecule has 1 aromatic heterocycles. The van der Waals surface area contributed by atoms with Crippen molar-refractivity contribution in [2.24, 2.45) is 5.73 Å². The Kier molecular flexibility index (Phi) is 3.06. The van der Waals surface area contributed by atoms with E-state index in [9.17, 15) is 0 Å². The number of hydrogen-bond donors (Lipinski definition) is 1. The highest BCUT2D eigenvalue weighted by Gasteiger charge is 2.23. The number of anilines is 1. The van der Waals surface area contributed by atoms with Crippen LogP contribution in [0.3, 0.4) is 0 Å². The Morgan fingerprint density at radius 2 is 2.53 bits per heavy atom. The predicted octanol–water partition coefficient (Wildman–Crippen LogP) is 1.02. The van der Waals surface area contributed by atoms with Gasteiger partial charge >= 0.3 is 0 Å². The molecule has 15 heavy (non-hydrogen) atoms. The van der Waals surface area contributed by atoms with E-state index >= 15 is 0 Å². The number of aromatic nitrogens is 1. The molecule has 4 nitrogen and oxygen atoms in total. The van der Waals surface area contributed by atoms with E-state index < -0.39 is 0 Å². The monoisotopic (exact) mass is 207 g/mol. The van der Waals surface area contributed by atoms with E-state index in [1.807, 2.05) is 12.1 Å². The van der Waals surface area contributed by atoms with Crippen LogP contribution < -0.4 is 15.4 Å². The van der Waals surface area contributed by atoms with Crippen molar-refractivity contribution in [2.75, 3.05) is 25.1 Å². The highest BCUT2D eigenvalue weighted by Crippen LogP contribution is 2.26. The summed E-state index contributed by atoms with van der Waals surface area (Å²) < 4.78 is 5.11. The standard InChI is InChI=1S/C11H17N3O/c1-15-11-7-9(4-5-13-11)14-6-2-3-10(14)8-12/h4-5,7,10H,2-3,6,8,12H2,1H3. The molecule has 4 heteroatoms. The van der Waals surface area contributed by atoms with Crippen LogP contribution in [0.25, 0.3) is 0 Å². The van der Waals surface area contributed by atoms with Gasteiger partial charge < -0.3 is 15.4 Å². The zero-order valence-corrected chi connectivity index (χ0v) is 9.02. The molecule has 1 atom stereocenters. The predicted molar refractivity (Wildman–Crippen MR) is 60.2 cm³/mol. The number of ether oxygens (including phenoxy) is 1. The first-order valence-corrected chi connectivity index (χ1v) is 5.32. The van der Waals surface area contributed by atoms with Crippen molar-refractivity contribution in [1.82, 2.24) is 4.98 Å². The van der Waals surface area contributed by atoms with Crippen molar-refractivity contribution in [1.29, 1.82) is 0 Å². The van der Waals surface area contributed by atoms with Gasteiger partial charge in [-0.2, -0.15) is 0 Å². The maximum absolute atomic E-state index is 5.74. The molecule has 2 heterocycles. The number of methoxy groups -OCH3 is 1. The van der Waals surface area contributed by atoms with Gasteiger partial charge in [-0.1, -0.05) is 0 Å². The van der Waals surface area contributed by atoms with Crippen molar-refractivity contribution >= 4 is 5.69 Å². The van der Waals surface area contributed by atoms with E-state index in [1.165, 1.54) is 12.8 Å². The number of nitrogens with zero attached hydrogens (tertiary/aromatic N) is 2. The zero-order chi connectivity index (χ0) is 10.7. The summed E-state index contributed by atoms with van der Waals surface area (Å²) in [4.78, 5) is 6.44. The summed E-state index contributed by atoms with van der Waals surface area (Å²) in [7, 11) is 1.64. The molecule has 2 N–H and O–H groups in total. The number of nitrogens with two attached hydrogens (primary N) is 1. The second-order valence-corrected chi connectivity index (χ2v) is 3.78. The van der Waals surface area contributed by atoms with Gasteiger partial charge in [0.2, 0.25) is 5.88 Å². The molecule has 1 fully saturated rings. The number of pyridine rings is 1. The van der Waals surface area contributed by atoms with E-state index in [0.717, 1.165) is 12.2 Å². The van der Waals surface area contributed by atoms with Crippen LogP contribution in [-0.2, 0) is 0 Å². The largest absolute Gasteiger partial charge is 0.481 e. The maximum atomic E-state index is 5.74. The van der Waals surface area contributed by atoms with Crippen molar-refractivity contribution in [3.05, 3.63) is 18.3 Å². The summed E-state index contributed by atoms with van der Waals surface area (Å²) in [5, 5.41) is 0. The van der Waals surface area contributed by atoms with Gasteiger partial charge in [-0.05, 0) is 18.9 Å². The molecule has 1 aromatic rings. The lowest BCUT2D eigenvalue weighted by Gasteiger charge is -2.25. The Morgan fingerprint density at radius 3 is 3.27 bits per heavy atom. The average molecular weight is 207 g/mol. The Hall–Kier alpha value is -1.29. The molecule has 1 aliphatic heterocycles. The smallest absolute Gasteiger partial charge is 0.214 e. The Bertz CT molecular complexity index is 329. The topological polar surface area (TPSA) is 51.4 Å². The first-order chi connectivity index (χ1) is 7.35. The summed E-state index contributed by atoms with van der Waals surface area (Å²) in [5.74, 6) is 0.662. The Labute approximate surface area is 90.0 Å². The van der Waals surface area contributed by atoms with Crippen LogP contribution in [0, 0.1) is 0 Å². The fourth-order valence-electron chi connectivity index (χ4n) is 2.11. The Morgan fingerprint density at radius 1 is 1.67 bits per heavy atom.